The first-order valence-corrected chi connectivity index (χ1v) is 12.9. The van der Waals surface area contributed by atoms with Crippen molar-refractivity contribution in [2.24, 2.45) is 0 Å². The van der Waals surface area contributed by atoms with Gasteiger partial charge in [-0.2, -0.15) is 0 Å². The number of aryl methyl sites for hydroxylation is 2. The van der Waals surface area contributed by atoms with Gasteiger partial charge in [-0.05, 0) is 92.0 Å². The molecule has 1 fully saturated rings. The zero-order valence-corrected chi connectivity index (χ0v) is 20.0. The number of hydrogen-bond donors (Lipinski definition) is 0. The third kappa shape index (κ3) is 3.79. The van der Waals surface area contributed by atoms with Crippen LogP contribution in [0.4, 0.5) is 5.69 Å². The average molecular weight is 437 g/mol. The van der Waals surface area contributed by atoms with Crippen LogP contribution in [-0.4, -0.2) is 38.1 Å². The van der Waals surface area contributed by atoms with Gasteiger partial charge in [0.05, 0.1) is 0 Å². The second kappa shape index (κ2) is 8.65. The summed E-state index contributed by atoms with van der Waals surface area (Å²) in [5.41, 5.74) is 9.69. The standard InChI is InChI=1S/C31H36N2/c1-32-23-31(29-14-6-7-15-30(29)32)18-21-33(22-19-31)20-8-13-28-26-11-4-2-9-24(26)16-17-25-10-3-5-12-27(25)28/h2-7,9-12,14-15,28H,8,13,16-23H2,1H3. The van der Waals surface area contributed by atoms with E-state index in [1.807, 2.05) is 0 Å². The molecule has 1 saturated heterocycles. The number of nitrogens with zero attached hydrogens (tertiary/aromatic N) is 2. The summed E-state index contributed by atoms with van der Waals surface area (Å²) in [4.78, 5) is 5.21. The first kappa shape index (κ1) is 21.0. The van der Waals surface area contributed by atoms with Gasteiger partial charge < -0.3 is 9.80 Å². The van der Waals surface area contributed by atoms with E-state index in [2.05, 4.69) is 89.6 Å². The van der Waals surface area contributed by atoms with Crippen LogP contribution in [0.3, 0.4) is 0 Å². The van der Waals surface area contributed by atoms with Crippen molar-refractivity contribution in [1.82, 2.24) is 4.90 Å². The molecule has 2 heteroatoms. The summed E-state index contributed by atoms with van der Waals surface area (Å²) < 4.78 is 0. The molecule has 1 aliphatic carbocycles. The first-order valence-electron chi connectivity index (χ1n) is 12.9. The van der Waals surface area contributed by atoms with Crippen LogP contribution in [0.2, 0.25) is 0 Å². The van der Waals surface area contributed by atoms with E-state index in [-0.39, 0.29) is 0 Å². The van der Waals surface area contributed by atoms with Crippen LogP contribution in [0.5, 0.6) is 0 Å². The Labute approximate surface area is 199 Å². The highest BCUT2D eigenvalue weighted by Gasteiger charge is 2.43. The van der Waals surface area contributed by atoms with Gasteiger partial charge in [0, 0.05) is 30.6 Å². The second-order valence-electron chi connectivity index (χ2n) is 10.6. The summed E-state index contributed by atoms with van der Waals surface area (Å²) in [7, 11) is 2.27. The Morgan fingerprint density at radius 1 is 0.788 bits per heavy atom. The third-order valence-corrected chi connectivity index (χ3v) is 8.73. The lowest BCUT2D eigenvalue weighted by Crippen LogP contribution is -2.45. The van der Waals surface area contributed by atoms with Crippen molar-refractivity contribution < 1.29 is 0 Å². The molecule has 1 spiro atoms. The molecule has 0 unspecified atom stereocenters. The molecule has 0 N–H and O–H groups in total. The minimum Gasteiger partial charge on any atom is -0.373 e. The predicted molar refractivity (Wildman–Crippen MR) is 138 cm³/mol. The smallest absolute Gasteiger partial charge is 0.0402 e. The number of fused-ring (bicyclic) bond motifs is 4. The van der Waals surface area contributed by atoms with Crippen LogP contribution in [-0.2, 0) is 18.3 Å². The lowest BCUT2D eigenvalue weighted by molar-refractivity contribution is 0.164. The van der Waals surface area contributed by atoms with Crippen LogP contribution < -0.4 is 4.90 Å². The summed E-state index contributed by atoms with van der Waals surface area (Å²) in [5, 5.41) is 0. The Kier molecular flexibility index (Phi) is 5.50. The molecule has 3 aliphatic rings. The number of benzene rings is 3. The van der Waals surface area contributed by atoms with Gasteiger partial charge in [-0.3, -0.25) is 0 Å². The molecule has 6 rings (SSSR count). The van der Waals surface area contributed by atoms with Crippen molar-refractivity contribution in [3.8, 4) is 0 Å². The van der Waals surface area contributed by atoms with E-state index in [0.717, 1.165) is 0 Å². The number of piperidine rings is 1. The minimum absolute atomic E-state index is 0.376. The normalized spacial score (nSPS) is 19.7. The third-order valence-electron chi connectivity index (χ3n) is 8.73. The number of para-hydroxylation sites is 1. The molecule has 0 amide bonds. The van der Waals surface area contributed by atoms with Crippen LogP contribution in [0.1, 0.15) is 59.4 Å². The quantitative estimate of drug-likeness (QED) is 0.482. The maximum atomic E-state index is 2.74. The predicted octanol–water partition coefficient (Wildman–Crippen LogP) is 6.18. The molecule has 3 aromatic rings. The Balaban J connectivity index is 1.12. The molecule has 3 aromatic carbocycles. The van der Waals surface area contributed by atoms with Gasteiger partial charge in [-0.15, -0.1) is 0 Å². The number of likely N-dealkylation sites (N-methyl/N-ethyl adjacent to an activating group) is 1. The van der Waals surface area contributed by atoms with Crippen molar-refractivity contribution in [3.63, 3.8) is 0 Å². The molecule has 0 saturated carbocycles. The van der Waals surface area contributed by atoms with E-state index in [9.17, 15) is 0 Å². The molecule has 170 valence electrons. The molecule has 0 atom stereocenters. The molecule has 2 aliphatic heterocycles. The Morgan fingerprint density at radius 3 is 2.09 bits per heavy atom. The summed E-state index contributed by atoms with van der Waals surface area (Å²) in [6, 6.07) is 27.5. The molecule has 2 nitrogen and oxygen atoms in total. The Bertz CT molecular complexity index is 1080. The largest absolute Gasteiger partial charge is 0.373 e. The van der Waals surface area contributed by atoms with E-state index in [4.69, 9.17) is 0 Å². The highest BCUT2D eigenvalue weighted by Crippen LogP contribution is 2.46. The summed E-state index contributed by atoms with van der Waals surface area (Å²) >= 11 is 0. The number of likely N-dealkylation sites (tertiary alicyclic amines) is 1. The summed E-state index contributed by atoms with van der Waals surface area (Å²) in [6.07, 6.45) is 7.46. The Morgan fingerprint density at radius 2 is 1.39 bits per heavy atom. The zero-order valence-electron chi connectivity index (χ0n) is 20.0. The topological polar surface area (TPSA) is 6.48 Å². The van der Waals surface area contributed by atoms with Crippen LogP contribution >= 0.6 is 0 Å². The Hall–Kier alpha value is -2.58. The highest BCUT2D eigenvalue weighted by molar-refractivity contribution is 5.62. The lowest BCUT2D eigenvalue weighted by atomic mass is 9.74. The second-order valence-corrected chi connectivity index (χ2v) is 10.6. The number of anilines is 1. The van der Waals surface area contributed by atoms with Gasteiger partial charge in [0.15, 0.2) is 0 Å². The molecule has 0 aromatic heterocycles. The van der Waals surface area contributed by atoms with Gasteiger partial charge in [0.25, 0.3) is 0 Å². The first-order chi connectivity index (χ1) is 16.2. The maximum absolute atomic E-state index is 2.74. The fraction of sp³-hybridized carbons (Fsp3) is 0.419. The SMILES string of the molecule is CN1CC2(CCN(CCCC3c4ccccc4CCc4ccccc43)CC2)c2ccccc21. The van der Waals surface area contributed by atoms with E-state index in [0.29, 0.717) is 11.3 Å². The number of hydrogen-bond acceptors (Lipinski definition) is 2. The van der Waals surface area contributed by atoms with E-state index < -0.39 is 0 Å². The van der Waals surface area contributed by atoms with Crippen LogP contribution in [0, 0.1) is 0 Å². The van der Waals surface area contributed by atoms with Crippen LogP contribution in [0.25, 0.3) is 0 Å². The van der Waals surface area contributed by atoms with Gasteiger partial charge >= 0.3 is 0 Å². The summed E-state index contributed by atoms with van der Waals surface area (Å²) in [5.74, 6) is 0.548. The molecule has 33 heavy (non-hydrogen) atoms. The monoisotopic (exact) mass is 436 g/mol. The lowest BCUT2D eigenvalue weighted by Gasteiger charge is -2.40. The fourth-order valence-electron chi connectivity index (χ4n) is 6.98. The molecule has 0 radical (unpaired) electrons. The highest BCUT2D eigenvalue weighted by atomic mass is 15.2. The maximum Gasteiger partial charge on any atom is 0.0402 e. The van der Waals surface area contributed by atoms with Crippen LogP contribution in [0.15, 0.2) is 72.8 Å². The van der Waals surface area contributed by atoms with Gasteiger partial charge in [-0.1, -0.05) is 66.7 Å². The van der Waals surface area contributed by atoms with Gasteiger partial charge in [0.1, 0.15) is 0 Å². The average Bonchev–Trinajstić information content (AvgIpc) is 3.03. The van der Waals surface area contributed by atoms with Gasteiger partial charge in [-0.25, -0.2) is 0 Å². The van der Waals surface area contributed by atoms with Crippen molar-refractivity contribution >= 4 is 5.69 Å². The minimum atomic E-state index is 0.376. The van der Waals surface area contributed by atoms with E-state index in [1.54, 1.807) is 27.8 Å². The summed E-state index contributed by atoms with van der Waals surface area (Å²) in [6.45, 7) is 4.89. The van der Waals surface area contributed by atoms with Crippen molar-refractivity contribution in [1.29, 1.82) is 0 Å². The van der Waals surface area contributed by atoms with Crippen molar-refractivity contribution in [3.05, 3.63) is 101 Å². The van der Waals surface area contributed by atoms with E-state index in [1.165, 1.54) is 70.4 Å². The van der Waals surface area contributed by atoms with Gasteiger partial charge in [0.2, 0.25) is 0 Å². The zero-order chi connectivity index (χ0) is 22.3. The molecule has 2 heterocycles. The van der Waals surface area contributed by atoms with Crippen molar-refractivity contribution in [2.45, 2.75) is 49.9 Å². The number of rotatable bonds is 4. The molecular weight excluding hydrogens is 400 g/mol. The molecular formula is C31H36N2. The van der Waals surface area contributed by atoms with Crippen molar-refractivity contribution in [2.75, 3.05) is 38.1 Å². The molecule has 0 bridgehead atoms. The fourth-order valence-corrected chi connectivity index (χ4v) is 6.98. The van der Waals surface area contributed by atoms with E-state index >= 15 is 0 Å².